The van der Waals surface area contributed by atoms with Crippen LogP contribution in [0.4, 0.5) is 5.69 Å². The number of amides is 1. The van der Waals surface area contributed by atoms with Crippen molar-refractivity contribution in [1.29, 1.82) is 5.26 Å². The molecule has 1 amide bonds. The lowest BCUT2D eigenvalue weighted by molar-refractivity contribution is -0.112. The molecule has 2 rings (SSSR count). The molecule has 0 aliphatic carbocycles. The Morgan fingerprint density at radius 3 is 2.69 bits per heavy atom. The summed E-state index contributed by atoms with van der Waals surface area (Å²) in [5.74, 6) is 0.308. The summed E-state index contributed by atoms with van der Waals surface area (Å²) in [4.78, 5) is 12.4. The van der Waals surface area contributed by atoms with Crippen molar-refractivity contribution in [2.24, 2.45) is 0 Å². The Morgan fingerprint density at radius 2 is 2.08 bits per heavy atom. The highest BCUT2D eigenvalue weighted by atomic mass is 127. The number of rotatable bonds is 6. The Bertz CT molecular complexity index is 911. The Kier molecular flexibility index (Phi) is 6.98. The van der Waals surface area contributed by atoms with Crippen LogP contribution in [0.15, 0.2) is 54.6 Å². The van der Waals surface area contributed by atoms with Crippen molar-refractivity contribution in [3.8, 4) is 11.8 Å². The first-order valence-electron chi connectivity index (χ1n) is 7.98. The van der Waals surface area contributed by atoms with Gasteiger partial charge < -0.3 is 10.1 Å². The molecule has 2 aromatic carbocycles. The highest BCUT2D eigenvalue weighted by Gasteiger charge is 2.11. The van der Waals surface area contributed by atoms with Crippen molar-refractivity contribution >= 4 is 40.3 Å². The molecule has 0 aliphatic rings. The van der Waals surface area contributed by atoms with Crippen molar-refractivity contribution in [2.75, 3.05) is 11.9 Å². The van der Waals surface area contributed by atoms with Gasteiger partial charge in [-0.1, -0.05) is 36.4 Å². The Morgan fingerprint density at radius 1 is 1.31 bits per heavy atom. The van der Waals surface area contributed by atoms with Crippen LogP contribution in [0.2, 0.25) is 0 Å². The third-order valence-corrected chi connectivity index (χ3v) is 4.46. The topological polar surface area (TPSA) is 62.1 Å². The summed E-state index contributed by atoms with van der Waals surface area (Å²) in [5, 5.41) is 12.2. The number of nitriles is 1. The molecule has 0 bridgehead atoms. The number of carbonyl (C=O) groups excluding carboxylic acids is 1. The normalized spacial score (nSPS) is 10.8. The second kappa shape index (κ2) is 9.20. The first-order valence-corrected chi connectivity index (χ1v) is 9.06. The van der Waals surface area contributed by atoms with E-state index >= 15 is 0 Å². The number of nitrogens with zero attached hydrogens (tertiary/aromatic N) is 1. The van der Waals surface area contributed by atoms with Crippen molar-refractivity contribution in [2.45, 2.75) is 13.8 Å². The van der Waals surface area contributed by atoms with E-state index in [4.69, 9.17) is 4.74 Å². The zero-order valence-corrected chi connectivity index (χ0v) is 16.8. The van der Waals surface area contributed by atoms with Crippen LogP contribution < -0.4 is 10.1 Å². The van der Waals surface area contributed by atoms with E-state index in [1.165, 1.54) is 0 Å². The lowest BCUT2D eigenvalue weighted by Gasteiger charge is -2.09. The molecule has 0 unspecified atom stereocenters. The average molecular weight is 458 g/mol. The third-order valence-electron chi connectivity index (χ3n) is 3.62. The number of halogens is 1. The van der Waals surface area contributed by atoms with Gasteiger partial charge in [0.25, 0.3) is 5.91 Å². The van der Waals surface area contributed by atoms with Crippen LogP contribution in [0.1, 0.15) is 16.7 Å². The van der Waals surface area contributed by atoms with Gasteiger partial charge in [0, 0.05) is 5.69 Å². The van der Waals surface area contributed by atoms with Gasteiger partial charge in [-0.15, -0.1) is 0 Å². The van der Waals surface area contributed by atoms with Crippen LogP contribution in [0.5, 0.6) is 5.75 Å². The van der Waals surface area contributed by atoms with Crippen molar-refractivity contribution in [3.63, 3.8) is 0 Å². The van der Waals surface area contributed by atoms with Crippen molar-refractivity contribution in [1.82, 2.24) is 0 Å². The number of hydrogen-bond donors (Lipinski definition) is 1. The second-order valence-corrected chi connectivity index (χ2v) is 6.89. The summed E-state index contributed by atoms with van der Waals surface area (Å²) in [6, 6.07) is 13.2. The Labute approximate surface area is 167 Å². The quantitative estimate of drug-likeness (QED) is 0.286. The van der Waals surface area contributed by atoms with Crippen molar-refractivity contribution in [3.05, 3.63) is 74.9 Å². The lowest BCUT2D eigenvalue weighted by Crippen LogP contribution is -2.14. The van der Waals surface area contributed by atoms with Crippen LogP contribution in [-0.2, 0) is 4.79 Å². The van der Waals surface area contributed by atoms with Gasteiger partial charge in [-0.05, 0) is 71.8 Å². The largest absolute Gasteiger partial charge is 0.488 e. The number of carbonyl (C=O) groups is 1. The first-order chi connectivity index (χ1) is 12.4. The molecule has 132 valence electrons. The minimum Gasteiger partial charge on any atom is -0.488 e. The smallest absolute Gasteiger partial charge is 0.266 e. The molecule has 4 nitrogen and oxygen atoms in total. The highest BCUT2D eigenvalue weighted by molar-refractivity contribution is 14.1. The molecule has 2 aromatic rings. The molecular weight excluding hydrogens is 439 g/mol. The number of nitrogens with one attached hydrogen (secondary N) is 1. The van der Waals surface area contributed by atoms with E-state index in [0.29, 0.717) is 12.3 Å². The van der Waals surface area contributed by atoms with E-state index in [0.717, 1.165) is 26.0 Å². The number of benzene rings is 2. The zero-order chi connectivity index (χ0) is 19.1. The zero-order valence-electron chi connectivity index (χ0n) is 14.7. The fourth-order valence-electron chi connectivity index (χ4n) is 2.33. The van der Waals surface area contributed by atoms with Crippen molar-refractivity contribution < 1.29 is 9.53 Å². The summed E-state index contributed by atoms with van der Waals surface area (Å²) in [6.07, 6.45) is 3.24. The molecule has 5 heteroatoms. The highest BCUT2D eigenvalue weighted by Crippen LogP contribution is 2.24. The predicted molar refractivity (Wildman–Crippen MR) is 113 cm³/mol. The van der Waals surface area contributed by atoms with Gasteiger partial charge in [-0.25, -0.2) is 0 Å². The van der Waals surface area contributed by atoms with E-state index in [9.17, 15) is 10.1 Å². The molecule has 0 saturated carbocycles. The van der Waals surface area contributed by atoms with Crippen LogP contribution in [0.25, 0.3) is 6.08 Å². The molecule has 0 fully saturated rings. The molecule has 1 N–H and O–H groups in total. The van der Waals surface area contributed by atoms with Gasteiger partial charge in [0.15, 0.2) is 0 Å². The molecule has 26 heavy (non-hydrogen) atoms. The maximum absolute atomic E-state index is 12.4. The number of hydrogen-bond acceptors (Lipinski definition) is 3. The number of ether oxygens (including phenoxy) is 1. The van der Waals surface area contributed by atoms with Gasteiger partial charge in [-0.2, -0.15) is 5.26 Å². The fourth-order valence-corrected chi connectivity index (χ4v) is 3.03. The standard InChI is InChI=1S/C21H19IN2O2/c1-4-9-26-20-8-6-16(12-18(20)22)11-17(13-23)21(25)24-19-7-5-14(2)10-15(19)3/h4-8,10-12H,1,9H2,2-3H3,(H,24,25)/b17-11+. The molecule has 0 spiro atoms. The molecule has 0 atom stereocenters. The van der Waals surface area contributed by atoms with Gasteiger partial charge in [0.2, 0.25) is 0 Å². The van der Waals surface area contributed by atoms with E-state index in [2.05, 4.69) is 34.5 Å². The first kappa shape index (κ1) is 19.7. The summed E-state index contributed by atoms with van der Waals surface area (Å²) in [5.41, 5.74) is 3.57. The Balaban J connectivity index is 2.21. The van der Waals surface area contributed by atoms with Crippen LogP contribution in [-0.4, -0.2) is 12.5 Å². The van der Waals surface area contributed by atoms with E-state index in [-0.39, 0.29) is 5.57 Å². The predicted octanol–water partition coefficient (Wildman–Crippen LogP) is 5.02. The summed E-state index contributed by atoms with van der Waals surface area (Å²) in [7, 11) is 0. The number of aryl methyl sites for hydroxylation is 2. The molecule has 0 aromatic heterocycles. The summed E-state index contributed by atoms with van der Waals surface area (Å²) in [6.45, 7) is 7.95. The molecule has 0 aliphatic heterocycles. The van der Waals surface area contributed by atoms with Gasteiger partial charge in [-0.3, -0.25) is 4.79 Å². The molecule has 0 saturated heterocycles. The molecule has 0 radical (unpaired) electrons. The second-order valence-electron chi connectivity index (χ2n) is 5.73. The van der Waals surface area contributed by atoms with Gasteiger partial charge in [0.1, 0.15) is 24.0 Å². The van der Waals surface area contributed by atoms with E-state index in [1.807, 2.05) is 56.3 Å². The van der Waals surface area contributed by atoms with Gasteiger partial charge in [0.05, 0.1) is 3.57 Å². The molecular formula is C21H19IN2O2. The maximum atomic E-state index is 12.4. The summed E-state index contributed by atoms with van der Waals surface area (Å²) < 4.78 is 6.42. The molecule has 0 heterocycles. The van der Waals surface area contributed by atoms with Crippen LogP contribution >= 0.6 is 22.6 Å². The maximum Gasteiger partial charge on any atom is 0.266 e. The third kappa shape index (κ3) is 5.20. The summed E-state index contributed by atoms with van der Waals surface area (Å²) >= 11 is 2.16. The van der Waals surface area contributed by atoms with Crippen LogP contribution in [0.3, 0.4) is 0 Å². The average Bonchev–Trinajstić information content (AvgIpc) is 2.61. The number of anilines is 1. The minimum absolute atomic E-state index is 0.0422. The van der Waals surface area contributed by atoms with E-state index < -0.39 is 5.91 Å². The fraction of sp³-hybridized carbons (Fsp3) is 0.143. The Hall–Kier alpha value is -2.59. The SMILES string of the molecule is C=CCOc1ccc(/C=C(\C#N)C(=O)Nc2ccc(C)cc2C)cc1I. The van der Waals surface area contributed by atoms with Crippen LogP contribution in [0, 0.1) is 28.7 Å². The lowest BCUT2D eigenvalue weighted by atomic mass is 10.1. The van der Waals surface area contributed by atoms with Gasteiger partial charge >= 0.3 is 0 Å². The van der Waals surface area contributed by atoms with E-state index in [1.54, 1.807) is 12.2 Å². The monoisotopic (exact) mass is 458 g/mol. The minimum atomic E-state index is -0.429.